The SMILES string of the molecule is COCCN1CC(C(=O)NCCCN2CCN(c3ccccc3F)CC2)CC1=O. The fourth-order valence-electron chi connectivity index (χ4n) is 3.94. The molecule has 29 heavy (non-hydrogen) atoms. The molecule has 0 spiro atoms. The largest absolute Gasteiger partial charge is 0.383 e. The molecule has 2 fully saturated rings. The van der Waals surface area contributed by atoms with Gasteiger partial charge in [-0.15, -0.1) is 0 Å². The molecule has 2 heterocycles. The van der Waals surface area contributed by atoms with Crippen LogP contribution in [0.5, 0.6) is 0 Å². The van der Waals surface area contributed by atoms with Crippen LogP contribution in [0.15, 0.2) is 24.3 Å². The molecule has 0 saturated carbocycles. The second kappa shape index (κ2) is 10.5. The van der Waals surface area contributed by atoms with E-state index < -0.39 is 0 Å². The number of ether oxygens (including phenoxy) is 1. The van der Waals surface area contributed by atoms with Crippen molar-refractivity contribution in [3.05, 3.63) is 30.1 Å². The number of nitrogens with one attached hydrogen (secondary N) is 1. The molecule has 0 bridgehead atoms. The van der Waals surface area contributed by atoms with Crippen LogP contribution < -0.4 is 10.2 Å². The van der Waals surface area contributed by atoms with E-state index in [1.165, 1.54) is 6.07 Å². The first-order valence-electron chi connectivity index (χ1n) is 10.3. The summed E-state index contributed by atoms with van der Waals surface area (Å²) in [5, 5.41) is 2.97. The van der Waals surface area contributed by atoms with Gasteiger partial charge in [-0.25, -0.2) is 4.39 Å². The third-order valence-corrected chi connectivity index (χ3v) is 5.67. The molecule has 160 valence electrons. The van der Waals surface area contributed by atoms with E-state index in [1.54, 1.807) is 18.1 Å². The number of nitrogens with zero attached hydrogens (tertiary/aromatic N) is 3. The van der Waals surface area contributed by atoms with E-state index in [-0.39, 0.29) is 30.0 Å². The van der Waals surface area contributed by atoms with Crippen molar-refractivity contribution in [1.82, 2.24) is 15.1 Å². The van der Waals surface area contributed by atoms with Crippen molar-refractivity contribution in [2.45, 2.75) is 12.8 Å². The van der Waals surface area contributed by atoms with E-state index in [2.05, 4.69) is 15.1 Å². The maximum absolute atomic E-state index is 13.9. The summed E-state index contributed by atoms with van der Waals surface area (Å²) in [6.45, 7) is 6.38. The van der Waals surface area contributed by atoms with Gasteiger partial charge in [0, 0.05) is 59.3 Å². The number of amides is 2. The molecule has 1 aromatic carbocycles. The number of halogens is 1. The van der Waals surface area contributed by atoms with Crippen LogP contribution in [0.4, 0.5) is 10.1 Å². The summed E-state index contributed by atoms with van der Waals surface area (Å²) in [5.41, 5.74) is 0.671. The summed E-state index contributed by atoms with van der Waals surface area (Å²) < 4.78 is 18.9. The molecule has 1 atom stereocenters. The van der Waals surface area contributed by atoms with Crippen molar-refractivity contribution in [2.75, 3.05) is 71.0 Å². The maximum atomic E-state index is 13.9. The van der Waals surface area contributed by atoms with Crippen molar-refractivity contribution in [2.24, 2.45) is 5.92 Å². The Morgan fingerprint density at radius 3 is 2.69 bits per heavy atom. The lowest BCUT2D eigenvalue weighted by atomic mass is 10.1. The zero-order valence-corrected chi connectivity index (χ0v) is 17.1. The summed E-state index contributed by atoms with van der Waals surface area (Å²) in [6, 6.07) is 6.90. The monoisotopic (exact) mass is 406 g/mol. The highest BCUT2D eigenvalue weighted by atomic mass is 19.1. The number of benzene rings is 1. The van der Waals surface area contributed by atoms with Gasteiger partial charge in [0.05, 0.1) is 18.2 Å². The van der Waals surface area contributed by atoms with Crippen molar-refractivity contribution in [1.29, 1.82) is 0 Å². The van der Waals surface area contributed by atoms with Crippen LogP contribution in [0.2, 0.25) is 0 Å². The number of carbonyl (C=O) groups excluding carboxylic acids is 2. The Hall–Kier alpha value is -2.19. The van der Waals surface area contributed by atoms with Gasteiger partial charge in [0.2, 0.25) is 11.8 Å². The van der Waals surface area contributed by atoms with Crippen molar-refractivity contribution < 1.29 is 18.7 Å². The smallest absolute Gasteiger partial charge is 0.225 e. The van der Waals surface area contributed by atoms with E-state index in [4.69, 9.17) is 4.74 Å². The van der Waals surface area contributed by atoms with Crippen LogP contribution in [0.1, 0.15) is 12.8 Å². The number of rotatable bonds is 9. The third kappa shape index (κ3) is 5.90. The maximum Gasteiger partial charge on any atom is 0.225 e. The zero-order valence-electron chi connectivity index (χ0n) is 17.1. The van der Waals surface area contributed by atoms with Gasteiger partial charge >= 0.3 is 0 Å². The number of likely N-dealkylation sites (tertiary alicyclic amines) is 1. The highest BCUT2D eigenvalue weighted by Gasteiger charge is 2.33. The minimum absolute atomic E-state index is 0.0231. The van der Waals surface area contributed by atoms with Crippen LogP contribution in [0.3, 0.4) is 0 Å². The molecule has 2 amide bonds. The fourth-order valence-corrected chi connectivity index (χ4v) is 3.94. The molecule has 0 radical (unpaired) electrons. The normalized spacial score (nSPS) is 20.3. The fraction of sp³-hybridized carbons (Fsp3) is 0.619. The highest BCUT2D eigenvalue weighted by molar-refractivity contribution is 5.89. The van der Waals surface area contributed by atoms with Crippen molar-refractivity contribution in [3.8, 4) is 0 Å². The zero-order chi connectivity index (χ0) is 20.6. The Labute approximate surface area is 171 Å². The van der Waals surface area contributed by atoms with Crippen LogP contribution in [-0.4, -0.2) is 87.7 Å². The molecule has 1 aromatic rings. The number of para-hydroxylation sites is 1. The van der Waals surface area contributed by atoms with Gasteiger partial charge in [-0.2, -0.15) is 0 Å². The number of anilines is 1. The first-order chi connectivity index (χ1) is 14.1. The number of carbonyl (C=O) groups is 2. The standard InChI is InChI=1S/C21H31FN4O3/c1-29-14-13-26-16-17(15-20(26)27)21(28)23-7-4-8-24-9-11-25(12-10-24)19-6-3-2-5-18(19)22/h2-3,5-6,17H,4,7-16H2,1H3,(H,23,28). The van der Waals surface area contributed by atoms with Gasteiger partial charge in [0.25, 0.3) is 0 Å². The molecular formula is C21H31FN4O3. The Balaban J connectivity index is 1.31. The minimum atomic E-state index is -0.260. The van der Waals surface area contributed by atoms with Crippen molar-refractivity contribution >= 4 is 17.5 Å². The molecule has 2 saturated heterocycles. The van der Waals surface area contributed by atoms with Gasteiger partial charge in [-0.05, 0) is 25.1 Å². The second-order valence-corrected chi connectivity index (χ2v) is 7.66. The molecule has 0 aliphatic carbocycles. The lowest BCUT2D eigenvalue weighted by Crippen LogP contribution is -2.47. The Kier molecular flexibility index (Phi) is 7.83. The molecule has 1 unspecified atom stereocenters. The number of methoxy groups -OCH3 is 1. The average molecular weight is 407 g/mol. The van der Waals surface area contributed by atoms with E-state index in [1.807, 2.05) is 12.1 Å². The van der Waals surface area contributed by atoms with Gasteiger partial charge < -0.3 is 19.9 Å². The van der Waals surface area contributed by atoms with Crippen molar-refractivity contribution in [3.63, 3.8) is 0 Å². The quantitative estimate of drug-likeness (QED) is 0.619. The molecular weight excluding hydrogens is 375 g/mol. The van der Waals surface area contributed by atoms with Gasteiger partial charge in [-0.1, -0.05) is 12.1 Å². The molecule has 8 heteroatoms. The van der Waals surface area contributed by atoms with Gasteiger partial charge in [-0.3, -0.25) is 14.5 Å². The van der Waals surface area contributed by atoms with E-state index in [0.29, 0.717) is 31.9 Å². The van der Waals surface area contributed by atoms with Gasteiger partial charge in [0.15, 0.2) is 0 Å². The first-order valence-corrected chi connectivity index (χ1v) is 10.3. The van der Waals surface area contributed by atoms with Crippen LogP contribution in [-0.2, 0) is 14.3 Å². The minimum Gasteiger partial charge on any atom is -0.383 e. The number of hydrogen-bond acceptors (Lipinski definition) is 5. The lowest BCUT2D eigenvalue weighted by molar-refractivity contribution is -0.129. The molecule has 2 aliphatic rings. The summed E-state index contributed by atoms with van der Waals surface area (Å²) in [4.78, 5) is 30.4. The van der Waals surface area contributed by atoms with Crippen LogP contribution in [0.25, 0.3) is 0 Å². The Morgan fingerprint density at radius 2 is 1.97 bits per heavy atom. The summed E-state index contributed by atoms with van der Waals surface area (Å²) in [7, 11) is 1.60. The lowest BCUT2D eigenvalue weighted by Gasteiger charge is -2.36. The summed E-state index contributed by atoms with van der Waals surface area (Å²) in [5.74, 6) is -0.448. The predicted molar refractivity (Wildman–Crippen MR) is 109 cm³/mol. The van der Waals surface area contributed by atoms with Crippen LogP contribution in [0, 0.1) is 11.7 Å². The van der Waals surface area contributed by atoms with Gasteiger partial charge in [0.1, 0.15) is 5.82 Å². The second-order valence-electron chi connectivity index (χ2n) is 7.66. The number of piperazine rings is 1. The summed E-state index contributed by atoms with van der Waals surface area (Å²) >= 11 is 0. The molecule has 3 rings (SSSR count). The predicted octanol–water partition coefficient (Wildman–Crippen LogP) is 0.949. The molecule has 0 aromatic heterocycles. The van der Waals surface area contributed by atoms with Crippen LogP contribution >= 0.6 is 0 Å². The Bertz CT molecular complexity index is 694. The molecule has 7 nitrogen and oxygen atoms in total. The summed E-state index contributed by atoms with van der Waals surface area (Å²) in [6.07, 6.45) is 1.15. The molecule has 2 aliphatic heterocycles. The van der Waals surface area contributed by atoms with E-state index in [9.17, 15) is 14.0 Å². The average Bonchev–Trinajstić information content (AvgIpc) is 3.11. The third-order valence-electron chi connectivity index (χ3n) is 5.67. The number of hydrogen-bond donors (Lipinski definition) is 1. The first kappa shape index (κ1) is 21.5. The molecule has 1 N–H and O–H groups in total. The van der Waals surface area contributed by atoms with E-state index in [0.717, 1.165) is 39.1 Å². The topological polar surface area (TPSA) is 65.1 Å². The van der Waals surface area contributed by atoms with E-state index >= 15 is 0 Å². The Morgan fingerprint density at radius 1 is 1.21 bits per heavy atom. The highest BCUT2D eigenvalue weighted by Crippen LogP contribution is 2.20.